The maximum Gasteiger partial charge on any atom is 0.214 e. The van der Waals surface area contributed by atoms with Crippen molar-refractivity contribution < 1.29 is 8.42 Å². The fourth-order valence-corrected chi connectivity index (χ4v) is 8.80. The van der Waals surface area contributed by atoms with Gasteiger partial charge in [0, 0.05) is 60.6 Å². The van der Waals surface area contributed by atoms with Crippen molar-refractivity contribution in [1.29, 1.82) is 0 Å². The van der Waals surface area contributed by atoms with Crippen LogP contribution in [-0.2, 0) is 10.0 Å². The first-order valence-corrected chi connectivity index (χ1v) is 15.1. The molecule has 1 saturated carbocycles. The number of sulfonamides is 1. The van der Waals surface area contributed by atoms with Gasteiger partial charge in [-0.25, -0.2) is 17.7 Å². The first kappa shape index (κ1) is 23.4. The molecule has 5 heterocycles. The van der Waals surface area contributed by atoms with E-state index in [4.69, 9.17) is 0 Å². The van der Waals surface area contributed by atoms with Crippen LogP contribution in [0.4, 0.5) is 0 Å². The standard InChI is InChI=1S/C27H37N5O2S/c33-35(34,32-13-3-4-21(18-32)17-31-11-1-2-12-31)19-20-5-7-22(8-6-20)25-16-28-14-23-15-30-27-24(26(23)25)9-10-29-27/h9-10,14-16,20-22H,1-8,11-13,17-19H2,(H,29,30). The quantitative estimate of drug-likeness (QED) is 0.544. The lowest BCUT2D eigenvalue weighted by Gasteiger charge is -2.35. The van der Waals surface area contributed by atoms with Crippen LogP contribution in [0.3, 0.4) is 0 Å². The summed E-state index contributed by atoms with van der Waals surface area (Å²) in [5, 5.41) is 3.48. The average molecular weight is 496 g/mol. The molecular weight excluding hydrogens is 458 g/mol. The number of H-pyrrole nitrogens is 1. The second-order valence-corrected chi connectivity index (χ2v) is 13.1. The van der Waals surface area contributed by atoms with Crippen molar-refractivity contribution in [3.05, 3.63) is 36.4 Å². The molecule has 1 aliphatic carbocycles. The number of hydrogen-bond acceptors (Lipinski definition) is 5. The summed E-state index contributed by atoms with van der Waals surface area (Å²) >= 11 is 0. The Kier molecular flexibility index (Phi) is 6.54. The molecule has 2 aliphatic heterocycles. The topological polar surface area (TPSA) is 82.2 Å². The third-order valence-corrected chi connectivity index (χ3v) is 10.7. The molecule has 2 saturated heterocycles. The molecule has 1 N–H and O–H groups in total. The van der Waals surface area contributed by atoms with E-state index in [-0.39, 0.29) is 5.92 Å². The highest BCUT2D eigenvalue weighted by molar-refractivity contribution is 7.89. The zero-order valence-electron chi connectivity index (χ0n) is 20.5. The minimum Gasteiger partial charge on any atom is -0.346 e. The van der Waals surface area contributed by atoms with Crippen molar-refractivity contribution in [2.45, 2.75) is 57.3 Å². The molecule has 3 fully saturated rings. The van der Waals surface area contributed by atoms with Gasteiger partial charge in [-0.15, -0.1) is 0 Å². The van der Waals surface area contributed by atoms with Crippen molar-refractivity contribution >= 4 is 31.8 Å². The number of pyridine rings is 2. The van der Waals surface area contributed by atoms with Gasteiger partial charge in [-0.2, -0.15) is 0 Å². The van der Waals surface area contributed by atoms with E-state index in [1.54, 1.807) is 0 Å². The normalized spacial score (nSPS) is 27.1. The van der Waals surface area contributed by atoms with Gasteiger partial charge >= 0.3 is 0 Å². The number of likely N-dealkylation sites (tertiary alicyclic amines) is 1. The van der Waals surface area contributed by atoms with Crippen molar-refractivity contribution in [1.82, 2.24) is 24.2 Å². The summed E-state index contributed by atoms with van der Waals surface area (Å²) in [5.41, 5.74) is 2.20. The molecule has 7 nitrogen and oxygen atoms in total. The van der Waals surface area contributed by atoms with Gasteiger partial charge in [0.2, 0.25) is 10.0 Å². The summed E-state index contributed by atoms with van der Waals surface area (Å²) in [6, 6.07) is 2.10. The van der Waals surface area contributed by atoms with E-state index in [1.807, 2.05) is 29.1 Å². The Balaban J connectivity index is 1.10. The highest BCUT2D eigenvalue weighted by Gasteiger charge is 2.34. The van der Waals surface area contributed by atoms with Crippen molar-refractivity contribution in [3.8, 4) is 0 Å². The van der Waals surface area contributed by atoms with Gasteiger partial charge in [0.05, 0.1) is 5.75 Å². The maximum absolute atomic E-state index is 13.4. The number of aromatic amines is 1. The number of rotatable bonds is 6. The lowest BCUT2D eigenvalue weighted by atomic mass is 9.78. The molecule has 8 heteroatoms. The monoisotopic (exact) mass is 495 g/mol. The van der Waals surface area contributed by atoms with Gasteiger partial charge < -0.3 is 9.88 Å². The highest BCUT2D eigenvalue weighted by Crippen LogP contribution is 2.40. The summed E-state index contributed by atoms with van der Waals surface area (Å²) in [5.74, 6) is 1.49. The Morgan fingerprint density at radius 2 is 1.77 bits per heavy atom. The Bertz CT molecular complexity index is 1280. The maximum atomic E-state index is 13.4. The largest absolute Gasteiger partial charge is 0.346 e. The minimum absolute atomic E-state index is 0.257. The summed E-state index contributed by atoms with van der Waals surface area (Å²) in [7, 11) is -3.20. The summed E-state index contributed by atoms with van der Waals surface area (Å²) < 4.78 is 28.6. The van der Waals surface area contributed by atoms with Gasteiger partial charge in [0.25, 0.3) is 0 Å². The lowest BCUT2D eigenvalue weighted by Crippen LogP contribution is -2.45. The number of hydrogen-bond donors (Lipinski definition) is 1. The molecule has 188 valence electrons. The minimum atomic E-state index is -3.20. The van der Waals surface area contributed by atoms with E-state index < -0.39 is 10.0 Å². The molecule has 1 atom stereocenters. The summed E-state index contributed by atoms with van der Waals surface area (Å²) in [4.78, 5) is 14.8. The highest BCUT2D eigenvalue weighted by atomic mass is 32.2. The molecule has 0 amide bonds. The lowest BCUT2D eigenvalue weighted by molar-refractivity contribution is 0.199. The predicted octanol–water partition coefficient (Wildman–Crippen LogP) is 4.52. The molecule has 3 aromatic rings. The molecule has 3 aromatic heterocycles. The number of piperidine rings is 1. The van der Waals surface area contributed by atoms with Crippen LogP contribution in [0.2, 0.25) is 0 Å². The fourth-order valence-electron chi connectivity index (χ4n) is 6.82. The van der Waals surface area contributed by atoms with Crippen LogP contribution >= 0.6 is 0 Å². The SMILES string of the molecule is O=S(=O)(CC1CCC(c2cncc3cnc4[nH]ccc4c23)CC1)N1CCCC(CN2CCCC2)C1. The number of nitrogens with zero attached hydrogens (tertiary/aromatic N) is 4. The van der Waals surface area contributed by atoms with Crippen molar-refractivity contribution in [2.75, 3.05) is 38.5 Å². The van der Waals surface area contributed by atoms with E-state index in [0.717, 1.165) is 68.0 Å². The summed E-state index contributed by atoms with van der Waals surface area (Å²) in [6.45, 7) is 4.86. The molecule has 3 aliphatic rings. The van der Waals surface area contributed by atoms with Crippen LogP contribution in [0.1, 0.15) is 62.8 Å². The third kappa shape index (κ3) is 4.85. The molecule has 35 heavy (non-hydrogen) atoms. The van der Waals surface area contributed by atoms with E-state index in [1.165, 1.54) is 36.9 Å². The average Bonchev–Trinajstić information content (AvgIpc) is 3.56. The summed E-state index contributed by atoms with van der Waals surface area (Å²) in [6.07, 6.45) is 16.5. The molecule has 0 aromatic carbocycles. The van der Waals surface area contributed by atoms with Gasteiger partial charge in [0.15, 0.2) is 0 Å². The number of fused-ring (bicyclic) bond motifs is 3. The van der Waals surface area contributed by atoms with Crippen LogP contribution < -0.4 is 0 Å². The van der Waals surface area contributed by atoms with E-state index in [9.17, 15) is 8.42 Å². The van der Waals surface area contributed by atoms with Crippen LogP contribution in [-0.4, -0.2) is 71.1 Å². The van der Waals surface area contributed by atoms with Gasteiger partial charge in [-0.1, -0.05) is 0 Å². The first-order valence-electron chi connectivity index (χ1n) is 13.5. The van der Waals surface area contributed by atoms with E-state index >= 15 is 0 Å². The molecule has 1 unspecified atom stereocenters. The van der Waals surface area contributed by atoms with Crippen molar-refractivity contribution in [2.24, 2.45) is 11.8 Å². The Hall–Kier alpha value is -2.03. The number of aromatic nitrogens is 3. The smallest absolute Gasteiger partial charge is 0.214 e. The van der Waals surface area contributed by atoms with Crippen LogP contribution in [0, 0.1) is 11.8 Å². The van der Waals surface area contributed by atoms with Crippen molar-refractivity contribution in [3.63, 3.8) is 0 Å². The molecule has 6 rings (SSSR count). The predicted molar refractivity (Wildman–Crippen MR) is 140 cm³/mol. The van der Waals surface area contributed by atoms with Gasteiger partial charge in [0.1, 0.15) is 5.65 Å². The van der Waals surface area contributed by atoms with Crippen LogP contribution in [0.5, 0.6) is 0 Å². The molecular formula is C27H37N5O2S. The Morgan fingerprint density at radius 1 is 0.943 bits per heavy atom. The molecule has 0 radical (unpaired) electrons. The molecule has 0 bridgehead atoms. The number of nitrogens with one attached hydrogen (secondary N) is 1. The fraction of sp³-hybridized carbons (Fsp3) is 0.630. The molecule has 0 spiro atoms. The second kappa shape index (κ2) is 9.79. The second-order valence-electron chi connectivity index (χ2n) is 11.1. The van der Waals surface area contributed by atoms with E-state index in [0.29, 0.717) is 24.1 Å². The zero-order valence-corrected chi connectivity index (χ0v) is 21.3. The van der Waals surface area contributed by atoms with Gasteiger partial charge in [-0.3, -0.25) is 4.98 Å². The van der Waals surface area contributed by atoms with Crippen LogP contribution in [0.25, 0.3) is 21.8 Å². The zero-order chi connectivity index (χ0) is 23.8. The van der Waals surface area contributed by atoms with Gasteiger partial charge in [-0.05, 0) is 93.8 Å². The van der Waals surface area contributed by atoms with E-state index in [2.05, 4.69) is 25.9 Å². The first-order chi connectivity index (χ1) is 17.1. The van der Waals surface area contributed by atoms with Crippen LogP contribution in [0.15, 0.2) is 30.9 Å². The Morgan fingerprint density at radius 3 is 2.60 bits per heavy atom. The third-order valence-electron chi connectivity index (χ3n) is 8.65. The Labute approximate surface area is 208 Å².